The van der Waals surface area contributed by atoms with Crippen LogP contribution in [0.3, 0.4) is 0 Å². The number of amidine groups is 1. The molecular formula is C29H43ClN2O4. The molecule has 0 spiro atoms. The molecule has 0 saturated heterocycles. The molecule has 0 atom stereocenters. The summed E-state index contributed by atoms with van der Waals surface area (Å²) in [5.74, 6) is 2.38. The van der Waals surface area contributed by atoms with Crippen molar-refractivity contribution in [3.63, 3.8) is 0 Å². The molecule has 0 bridgehead atoms. The molecule has 6 nitrogen and oxygen atoms in total. The second-order valence-corrected chi connectivity index (χ2v) is 9.15. The van der Waals surface area contributed by atoms with Gasteiger partial charge in [0, 0.05) is 11.4 Å². The number of rotatable bonds is 22. The number of nitrogens with two attached hydrogens (primary N) is 1. The van der Waals surface area contributed by atoms with Gasteiger partial charge in [-0.2, -0.15) is 0 Å². The van der Waals surface area contributed by atoms with E-state index in [9.17, 15) is 0 Å². The Morgan fingerprint density at radius 1 is 0.611 bits per heavy atom. The standard InChI is InChI=1S/C29H43ClN2O4/c30-18-22-34-24-23-33-21-17-25-9-13-27(14-10-25)35-19-7-5-3-1-2-4-6-8-20-36-28-15-11-26(12-16-28)29(31)32/h9-16H,1-8,17-24H2,(H3,31,32). The quantitative estimate of drug-likeness (QED) is 0.0819. The third-order valence-corrected chi connectivity index (χ3v) is 5.95. The average Bonchev–Trinajstić information content (AvgIpc) is 2.90. The first-order valence-electron chi connectivity index (χ1n) is 13.2. The van der Waals surface area contributed by atoms with Crippen LogP contribution < -0.4 is 15.2 Å². The second kappa shape index (κ2) is 19.9. The number of unbranched alkanes of at least 4 members (excludes halogenated alkanes) is 7. The molecule has 0 aliphatic rings. The molecule has 3 N–H and O–H groups in total. The molecule has 200 valence electrons. The van der Waals surface area contributed by atoms with E-state index in [-0.39, 0.29) is 5.84 Å². The summed E-state index contributed by atoms with van der Waals surface area (Å²) in [5.41, 5.74) is 7.43. The number of benzene rings is 2. The first-order chi connectivity index (χ1) is 17.7. The largest absolute Gasteiger partial charge is 0.494 e. The maximum atomic E-state index is 7.40. The highest BCUT2D eigenvalue weighted by atomic mass is 35.5. The van der Waals surface area contributed by atoms with Gasteiger partial charge < -0.3 is 24.7 Å². The molecule has 0 radical (unpaired) electrons. The number of nitrogen functional groups attached to an aromatic ring is 1. The van der Waals surface area contributed by atoms with Crippen LogP contribution in [0.4, 0.5) is 0 Å². The van der Waals surface area contributed by atoms with Gasteiger partial charge in [0.1, 0.15) is 17.3 Å². The topological polar surface area (TPSA) is 86.8 Å². The molecule has 0 heterocycles. The Hall–Kier alpha value is -2.28. The van der Waals surface area contributed by atoms with Gasteiger partial charge in [-0.3, -0.25) is 5.41 Å². The van der Waals surface area contributed by atoms with Gasteiger partial charge in [0.2, 0.25) is 0 Å². The van der Waals surface area contributed by atoms with Gasteiger partial charge >= 0.3 is 0 Å². The number of hydrogen-bond donors (Lipinski definition) is 2. The van der Waals surface area contributed by atoms with Gasteiger partial charge in [0.15, 0.2) is 0 Å². The highest BCUT2D eigenvalue weighted by molar-refractivity contribution is 6.17. The third-order valence-electron chi connectivity index (χ3n) is 5.79. The van der Waals surface area contributed by atoms with E-state index in [1.807, 2.05) is 36.4 Å². The number of ether oxygens (including phenoxy) is 4. The smallest absolute Gasteiger partial charge is 0.122 e. The summed E-state index contributed by atoms with van der Waals surface area (Å²) in [6.07, 6.45) is 10.5. The van der Waals surface area contributed by atoms with Crippen LogP contribution >= 0.6 is 11.6 Å². The number of alkyl halides is 1. The predicted octanol–water partition coefficient (Wildman–Crippen LogP) is 6.36. The summed E-state index contributed by atoms with van der Waals surface area (Å²) in [4.78, 5) is 0. The Bertz CT molecular complexity index is 815. The van der Waals surface area contributed by atoms with Crippen LogP contribution in [0.1, 0.15) is 62.5 Å². The lowest BCUT2D eigenvalue weighted by Crippen LogP contribution is -2.10. The molecule has 7 heteroatoms. The minimum absolute atomic E-state index is 0.0821. The zero-order valence-corrected chi connectivity index (χ0v) is 22.3. The monoisotopic (exact) mass is 518 g/mol. The van der Waals surface area contributed by atoms with E-state index < -0.39 is 0 Å². The number of hydrogen-bond acceptors (Lipinski definition) is 5. The maximum absolute atomic E-state index is 7.40. The van der Waals surface area contributed by atoms with Crippen LogP contribution in [0.5, 0.6) is 11.5 Å². The lowest BCUT2D eigenvalue weighted by molar-refractivity contribution is 0.0548. The van der Waals surface area contributed by atoms with Gasteiger partial charge in [-0.05, 0) is 61.2 Å². The zero-order chi connectivity index (χ0) is 25.7. The summed E-state index contributed by atoms with van der Waals surface area (Å²) in [6.45, 7) is 3.97. The van der Waals surface area contributed by atoms with Crippen LogP contribution in [0.25, 0.3) is 0 Å². The summed E-state index contributed by atoms with van der Waals surface area (Å²) in [6, 6.07) is 15.7. The predicted molar refractivity (Wildman–Crippen MR) is 148 cm³/mol. The lowest BCUT2D eigenvalue weighted by Gasteiger charge is -2.08. The molecule has 0 aliphatic heterocycles. The fraction of sp³-hybridized carbons (Fsp3) is 0.552. The van der Waals surface area contributed by atoms with Crippen LogP contribution in [-0.4, -0.2) is 51.4 Å². The molecule has 0 amide bonds. The summed E-state index contributed by atoms with van der Waals surface area (Å²) in [5, 5.41) is 7.40. The Balaban J connectivity index is 1.36. The van der Waals surface area contributed by atoms with Crippen LogP contribution in [-0.2, 0) is 15.9 Å². The molecule has 36 heavy (non-hydrogen) atoms. The molecule has 2 rings (SSSR count). The van der Waals surface area contributed by atoms with E-state index >= 15 is 0 Å². The van der Waals surface area contributed by atoms with Crippen molar-refractivity contribution >= 4 is 17.4 Å². The van der Waals surface area contributed by atoms with Crippen molar-refractivity contribution in [3.8, 4) is 11.5 Å². The molecule has 0 aromatic heterocycles. The fourth-order valence-electron chi connectivity index (χ4n) is 3.69. The number of halogens is 1. The summed E-state index contributed by atoms with van der Waals surface area (Å²) >= 11 is 5.55. The first kappa shape index (κ1) is 29.9. The number of nitrogens with one attached hydrogen (secondary N) is 1. The maximum Gasteiger partial charge on any atom is 0.122 e. The van der Waals surface area contributed by atoms with Crippen LogP contribution in [0, 0.1) is 5.41 Å². The minimum Gasteiger partial charge on any atom is -0.494 e. The fourth-order valence-corrected chi connectivity index (χ4v) is 3.80. The molecule has 2 aromatic carbocycles. The van der Waals surface area contributed by atoms with Crippen LogP contribution in [0.15, 0.2) is 48.5 Å². The van der Waals surface area contributed by atoms with Crippen molar-refractivity contribution in [1.82, 2.24) is 0 Å². The lowest BCUT2D eigenvalue weighted by atomic mass is 10.1. The highest BCUT2D eigenvalue weighted by Crippen LogP contribution is 2.15. The van der Waals surface area contributed by atoms with E-state index in [4.69, 9.17) is 41.7 Å². The zero-order valence-electron chi connectivity index (χ0n) is 21.5. The Kier molecular flexibility index (Phi) is 16.5. The summed E-state index contributed by atoms with van der Waals surface area (Å²) < 4.78 is 22.5. The molecule has 0 saturated carbocycles. The molecule has 0 unspecified atom stereocenters. The molecule has 2 aromatic rings. The van der Waals surface area contributed by atoms with Crippen molar-refractivity contribution in [3.05, 3.63) is 59.7 Å². The third kappa shape index (κ3) is 14.3. The SMILES string of the molecule is N=C(N)c1ccc(OCCCCCCCCCCOc2ccc(CCOCCOCCCl)cc2)cc1. The highest BCUT2D eigenvalue weighted by Gasteiger charge is 2.00. The van der Waals surface area contributed by atoms with E-state index in [1.54, 1.807) is 0 Å². The Morgan fingerprint density at radius 3 is 1.58 bits per heavy atom. The van der Waals surface area contributed by atoms with E-state index in [1.165, 1.54) is 44.1 Å². The molecule has 0 fully saturated rings. The van der Waals surface area contributed by atoms with E-state index in [0.717, 1.165) is 49.5 Å². The van der Waals surface area contributed by atoms with Gasteiger partial charge in [0.05, 0.1) is 39.6 Å². The van der Waals surface area contributed by atoms with Crippen molar-refractivity contribution in [2.45, 2.75) is 57.8 Å². The van der Waals surface area contributed by atoms with Gasteiger partial charge in [-0.15, -0.1) is 11.6 Å². The van der Waals surface area contributed by atoms with Crippen molar-refractivity contribution in [2.75, 3.05) is 45.5 Å². The van der Waals surface area contributed by atoms with E-state index in [0.29, 0.717) is 32.3 Å². The Labute approximate surface area is 221 Å². The summed E-state index contributed by atoms with van der Waals surface area (Å²) in [7, 11) is 0. The Morgan fingerprint density at radius 2 is 1.08 bits per heavy atom. The normalized spacial score (nSPS) is 10.9. The molecular weight excluding hydrogens is 476 g/mol. The minimum atomic E-state index is 0.0821. The molecule has 0 aliphatic carbocycles. The van der Waals surface area contributed by atoms with Crippen molar-refractivity contribution in [1.29, 1.82) is 5.41 Å². The van der Waals surface area contributed by atoms with E-state index in [2.05, 4.69) is 12.1 Å². The van der Waals surface area contributed by atoms with Gasteiger partial charge in [0.25, 0.3) is 0 Å². The van der Waals surface area contributed by atoms with Crippen molar-refractivity contribution in [2.24, 2.45) is 5.73 Å². The second-order valence-electron chi connectivity index (χ2n) is 8.77. The van der Waals surface area contributed by atoms with Crippen LogP contribution in [0.2, 0.25) is 0 Å². The van der Waals surface area contributed by atoms with Gasteiger partial charge in [-0.1, -0.05) is 50.7 Å². The average molecular weight is 519 g/mol. The van der Waals surface area contributed by atoms with Crippen molar-refractivity contribution < 1.29 is 18.9 Å². The van der Waals surface area contributed by atoms with Gasteiger partial charge in [-0.25, -0.2) is 0 Å². The first-order valence-corrected chi connectivity index (χ1v) is 13.7.